The summed E-state index contributed by atoms with van der Waals surface area (Å²) in [5.41, 5.74) is 5.31. The number of anilines is 1. The SMILES string of the molecule is CCOc1cc2c(cc1OCC)[C@H](c1ccccc1)N(c1ccc(C(C)C)cc1)C(=O)C2. The lowest BCUT2D eigenvalue weighted by atomic mass is 9.86. The molecule has 1 heterocycles. The van der Waals surface area contributed by atoms with Gasteiger partial charge in [-0.2, -0.15) is 0 Å². The Kier molecular flexibility index (Phi) is 6.50. The monoisotopic (exact) mass is 429 g/mol. The topological polar surface area (TPSA) is 38.8 Å². The molecule has 166 valence electrons. The maximum absolute atomic E-state index is 13.5. The molecule has 3 aromatic carbocycles. The van der Waals surface area contributed by atoms with Crippen molar-refractivity contribution in [1.29, 1.82) is 0 Å². The molecule has 1 aliphatic heterocycles. The third-order valence-electron chi connectivity index (χ3n) is 5.92. The number of ether oxygens (including phenoxy) is 2. The van der Waals surface area contributed by atoms with E-state index in [1.165, 1.54) is 5.56 Å². The number of fused-ring (bicyclic) bond motifs is 1. The minimum atomic E-state index is -0.229. The molecule has 0 saturated heterocycles. The lowest BCUT2D eigenvalue weighted by molar-refractivity contribution is -0.118. The summed E-state index contributed by atoms with van der Waals surface area (Å²) in [5, 5.41) is 0. The van der Waals surface area contributed by atoms with Gasteiger partial charge in [-0.1, -0.05) is 56.3 Å². The van der Waals surface area contributed by atoms with Gasteiger partial charge in [0.1, 0.15) is 0 Å². The molecule has 3 aromatic rings. The van der Waals surface area contributed by atoms with Crippen molar-refractivity contribution in [3.8, 4) is 11.5 Å². The second-order valence-electron chi connectivity index (χ2n) is 8.36. The number of nitrogens with zero attached hydrogens (tertiary/aromatic N) is 1. The molecule has 0 aromatic heterocycles. The van der Waals surface area contributed by atoms with E-state index in [1.54, 1.807) is 0 Å². The van der Waals surface area contributed by atoms with Crippen molar-refractivity contribution < 1.29 is 14.3 Å². The highest BCUT2D eigenvalue weighted by atomic mass is 16.5. The smallest absolute Gasteiger partial charge is 0.232 e. The number of carbonyl (C=O) groups is 1. The van der Waals surface area contributed by atoms with Gasteiger partial charge in [-0.3, -0.25) is 4.79 Å². The molecule has 1 atom stereocenters. The average Bonchev–Trinajstić information content (AvgIpc) is 2.80. The lowest BCUT2D eigenvalue weighted by Crippen LogP contribution is -2.41. The molecule has 32 heavy (non-hydrogen) atoms. The van der Waals surface area contributed by atoms with Gasteiger partial charge in [0.25, 0.3) is 0 Å². The van der Waals surface area contributed by atoms with E-state index >= 15 is 0 Å². The number of hydrogen-bond donors (Lipinski definition) is 0. The highest BCUT2D eigenvalue weighted by Gasteiger charge is 2.36. The van der Waals surface area contributed by atoms with Crippen LogP contribution in [-0.4, -0.2) is 19.1 Å². The Morgan fingerprint density at radius 1 is 0.906 bits per heavy atom. The molecule has 0 N–H and O–H groups in total. The van der Waals surface area contributed by atoms with Crippen LogP contribution in [0, 0.1) is 0 Å². The summed E-state index contributed by atoms with van der Waals surface area (Å²) in [7, 11) is 0. The summed E-state index contributed by atoms with van der Waals surface area (Å²) in [6, 6.07) is 22.4. The van der Waals surface area contributed by atoms with Crippen LogP contribution in [0.2, 0.25) is 0 Å². The molecule has 0 bridgehead atoms. The van der Waals surface area contributed by atoms with Crippen molar-refractivity contribution in [3.05, 3.63) is 89.0 Å². The van der Waals surface area contributed by atoms with Gasteiger partial charge in [-0.05, 0) is 66.3 Å². The van der Waals surface area contributed by atoms with Gasteiger partial charge in [0.05, 0.1) is 25.7 Å². The van der Waals surface area contributed by atoms with Gasteiger partial charge in [-0.25, -0.2) is 0 Å². The van der Waals surface area contributed by atoms with E-state index in [2.05, 4.69) is 56.3 Å². The molecule has 0 unspecified atom stereocenters. The van der Waals surface area contributed by atoms with Gasteiger partial charge in [0.2, 0.25) is 5.91 Å². The molecular formula is C28H31NO3. The maximum Gasteiger partial charge on any atom is 0.232 e. The summed E-state index contributed by atoms with van der Waals surface area (Å²) >= 11 is 0. The van der Waals surface area contributed by atoms with Gasteiger partial charge < -0.3 is 14.4 Å². The van der Waals surface area contributed by atoms with Gasteiger partial charge in [-0.15, -0.1) is 0 Å². The molecule has 0 aliphatic carbocycles. The third-order valence-corrected chi connectivity index (χ3v) is 5.92. The molecule has 0 saturated carbocycles. The fourth-order valence-corrected chi connectivity index (χ4v) is 4.37. The van der Waals surface area contributed by atoms with Crippen LogP contribution in [0.15, 0.2) is 66.7 Å². The molecule has 0 spiro atoms. The maximum atomic E-state index is 13.5. The Balaban J connectivity index is 1.87. The van der Waals surface area contributed by atoms with Crippen LogP contribution in [-0.2, 0) is 11.2 Å². The number of amides is 1. The lowest BCUT2D eigenvalue weighted by Gasteiger charge is -2.38. The van der Waals surface area contributed by atoms with Crippen molar-refractivity contribution in [1.82, 2.24) is 0 Å². The Labute approximate surface area is 190 Å². The van der Waals surface area contributed by atoms with Crippen molar-refractivity contribution >= 4 is 11.6 Å². The minimum absolute atomic E-state index is 0.0789. The number of hydrogen-bond acceptors (Lipinski definition) is 3. The van der Waals surface area contributed by atoms with E-state index in [1.807, 2.05) is 43.0 Å². The highest BCUT2D eigenvalue weighted by molar-refractivity contribution is 5.98. The van der Waals surface area contributed by atoms with E-state index < -0.39 is 0 Å². The first-order valence-electron chi connectivity index (χ1n) is 11.4. The van der Waals surface area contributed by atoms with E-state index in [4.69, 9.17) is 9.47 Å². The van der Waals surface area contributed by atoms with Crippen molar-refractivity contribution in [3.63, 3.8) is 0 Å². The fraction of sp³-hybridized carbons (Fsp3) is 0.321. The molecule has 4 heteroatoms. The van der Waals surface area contributed by atoms with Gasteiger partial charge in [0, 0.05) is 5.69 Å². The Hall–Kier alpha value is -3.27. The zero-order chi connectivity index (χ0) is 22.7. The zero-order valence-electron chi connectivity index (χ0n) is 19.3. The van der Waals surface area contributed by atoms with Crippen LogP contribution in [0.5, 0.6) is 11.5 Å². The van der Waals surface area contributed by atoms with Crippen molar-refractivity contribution in [2.75, 3.05) is 18.1 Å². The summed E-state index contributed by atoms with van der Waals surface area (Å²) in [5.74, 6) is 1.94. The van der Waals surface area contributed by atoms with Crippen molar-refractivity contribution in [2.45, 2.75) is 46.1 Å². The highest BCUT2D eigenvalue weighted by Crippen LogP contribution is 2.43. The second-order valence-corrected chi connectivity index (χ2v) is 8.36. The number of rotatable bonds is 7. The van der Waals surface area contributed by atoms with E-state index in [0.29, 0.717) is 31.3 Å². The zero-order valence-corrected chi connectivity index (χ0v) is 19.3. The first kappa shape index (κ1) is 21.9. The fourth-order valence-electron chi connectivity index (χ4n) is 4.37. The summed E-state index contributed by atoms with van der Waals surface area (Å²) < 4.78 is 11.8. The normalized spacial score (nSPS) is 15.6. The molecule has 0 fully saturated rings. The molecule has 1 aliphatic rings. The Bertz CT molecular complexity index is 1070. The minimum Gasteiger partial charge on any atom is -0.490 e. The average molecular weight is 430 g/mol. The Morgan fingerprint density at radius 2 is 1.53 bits per heavy atom. The van der Waals surface area contributed by atoms with Crippen LogP contribution >= 0.6 is 0 Å². The summed E-state index contributed by atoms with van der Waals surface area (Å²) in [6.45, 7) is 9.37. The van der Waals surface area contributed by atoms with Crippen LogP contribution in [0.3, 0.4) is 0 Å². The van der Waals surface area contributed by atoms with E-state index in [-0.39, 0.29) is 11.9 Å². The Morgan fingerprint density at radius 3 is 2.12 bits per heavy atom. The molecule has 4 nitrogen and oxygen atoms in total. The third kappa shape index (κ3) is 4.22. The summed E-state index contributed by atoms with van der Waals surface area (Å²) in [6.07, 6.45) is 0.330. The predicted molar refractivity (Wildman–Crippen MR) is 129 cm³/mol. The quantitative estimate of drug-likeness (QED) is 0.443. The molecular weight excluding hydrogens is 398 g/mol. The standard InChI is InChI=1S/C28H31NO3/c1-5-31-25-16-22-17-27(30)29(23-14-12-20(13-15-23)19(3)4)28(21-10-8-7-9-11-21)24(22)18-26(25)32-6-2/h7-16,18-19,28H,5-6,17H2,1-4H3/t28-/m0/s1. The molecule has 1 amide bonds. The number of benzene rings is 3. The first-order valence-corrected chi connectivity index (χ1v) is 11.4. The van der Waals surface area contributed by atoms with Crippen LogP contribution in [0.4, 0.5) is 5.69 Å². The van der Waals surface area contributed by atoms with Crippen LogP contribution in [0.1, 0.15) is 61.9 Å². The summed E-state index contributed by atoms with van der Waals surface area (Å²) in [4.78, 5) is 15.4. The van der Waals surface area contributed by atoms with Gasteiger partial charge >= 0.3 is 0 Å². The van der Waals surface area contributed by atoms with Gasteiger partial charge in [0.15, 0.2) is 11.5 Å². The van der Waals surface area contributed by atoms with E-state index in [9.17, 15) is 4.79 Å². The molecule has 0 radical (unpaired) electrons. The van der Waals surface area contributed by atoms with Crippen LogP contribution in [0.25, 0.3) is 0 Å². The second kappa shape index (κ2) is 9.47. The van der Waals surface area contributed by atoms with Crippen LogP contribution < -0.4 is 14.4 Å². The molecule has 4 rings (SSSR count). The first-order chi connectivity index (χ1) is 15.5. The van der Waals surface area contributed by atoms with Crippen molar-refractivity contribution in [2.24, 2.45) is 0 Å². The number of carbonyl (C=O) groups excluding carboxylic acids is 1. The van der Waals surface area contributed by atoms with E-state index in [0.717, 1.165) is 28.1 Å². The predicted octanol–water partition coefficient (Wildman–Crippen LogP) is 6.29. The largest absolute Gasteiger partial charge is 0.490 e.